The molecule has 1 atom stereocenters. The standard InChI is InChI=1S/C15H23NO3/c1-4-5-13(17)10-16-15(18)9-12-7-6-11(2)14(8-12)19-3/h6-8,13,17H,4-5,9-10H2,1-3H3,(H,16,18). The molecule has 106 valence electrons. The van der Waals surface area contributed by atoms with E-state index in [9.17, 15) is 9.90 Å². The van der Waals surface area contributed by atoms with Gasteiger partial charge in [-0.25, -0.2) is 0 Å². The van der Waals surface area contributed by atoms with Gasteiger partial charge < -0.3 is 15.2 Å². The van der Waals surface area contributed by atoms with Crippen molar-refractivity contribution in [2.45, 2.75) is 39.2 Å². The SMILES string of the molecule is CCCC(O)CNC(=O)Cc1ccc(C)c(OC)c1. The number of ether oxygens (including phenoxy) is 1. The van der Waals surface area contributed by atoms with Gasteiger partial charge in [0.15, 0.2) is 0 Å². The van der Waals surface area contributed by atoms with Gasteiger partial charge in [0.1, 0.15) is 5.75 Å². The van der Waals surface area contributed by atoms with Crippen LogP contribution in [-0.4, -0.2) is 30.8 Å². The molecule has 19 heavy (non-hydrogen) atoms. The summed E-state index contributed by atoms with van der Waals surface area (Å²) in [6.07, 6.45) is 1.46. The van der Waals surface area contributed by atoms with Crippen molar-refractivity contribution in [1.29, 1.82) is 0 Å². The number of amides is 1. The highest BCUT2D eigenvalue weighted by Crippen LogP contribution is 2.19. The first-order valence-corrected chi connectivity index (χ1v) is 6.65. The maximum Gasteiger partial charge on any atom is 0.224 e. The molecule has 0 aliphatic rings. The highest BCUT2D eigenvalue weighted by Gasteiger charge is 2.08. The van der Waals surface area contributed by atoms with Gasteiger partial charge in [0.25, 0.3) is 0 Å². The number of nitrogens with one attached hydrogen (secondary N) is 1. The van der Waals surface area contributed by atoms with Gasteiger partial charge in [-0.3, -0.25) is 4.79 Å². The molecular formula is C15H23NO3. The van der Waals surface area contributed by atoms with Gasteiger partial charge in [-0.1, -0.05) is 25.5 Å². The van der Waals surface area contributed by atoms with E-state index in [4.69, 9.17) is 4.74 Å². The normalized spacial score (nSPS) is 12.0. The molecule has 0 bridgehead atoms. The van der Waals surface area contributed by atoms with Crippen molar-refractivity contribution >= 4 is 5.91 Å². The number of aliphatic hydroxyl groups excluding tert-OH is 1. The lowest BCUT2D eigenvalue weighted by Gasteiger charge is -2.11. The second-order valence-corrected chi connectivity index (χ2v) is 4.73. The minimum absolute atomic E-state index is 0.0824. The van der Waals surface area contributed by atoms with Crippen molar-refractivity contribution in [1.82, 2.24) is 5.32 Å². The summed E-state index contributed by atoms with van der Waals surface area (Å²) < 4.78 is 5.23. The van der Waals surface area contributed by atoms with Gasteiger partial charge >= 0.3 is 0 Å². The topological polar surface area (TPSA) is 58.6 Å². The third kappa shape index (κ3) is 5.30. The van der Waals surface area contributed by atoms with E-state index in [0.29, 0.717) is 19.4 Å². The van der Waals surface area contributed by atoms with Crippen LogP contribution in [0.3, 0.4) is 0 Å². The molecule has 0 saturated heterocycles. The van der Waals surface area contributed by atoms with Crippen LogP contribution in [0.25, 0.3) is 0 Å². The highest BCUT2D eigenvalue weighted by molar-refractivity contribution is 5.78. The van der Waals surface area contributed by atoms with Gasteiger partial charge in [-0.05, 0) is 30.5 Å². The summed E-state index contributed by atoms with van der Waals surface area (Å²) >= 11 is 0. The number of aryl methyl sites for hydroxylation is 1. The molecule has 2 N–H and O–H groups in total. The first-order valence-electron chi connectivity index (χ1n) is 6.65. The van der Waals surface area contributed by atoms with E-state index in [2.05, 4.69) is 5.32 Å². The van der Waals surface area contributed by atoms with Crippen molar-refractivity contribution < 1.29 is 14.6 Å². The number of hydrogen-bond acceptors (Lipinski definition) is 3. The van der Waals surface area contributed by atoms with E-state index in [0.717, 1.165) is 23.3 Å². The van der Waals surface area contributed by atoms with Crippen LogP contribution in [0, 0.1) is 6.92 Å². The minimum atomic E-state index is -0.457. The van der Waals surface area contributed by atoms with Crippen LogP contribution in [0.15, 0.2) is 18.2 Å². The summed E-state index contributed by atoms with van der Waals surface area (Å²) in [5.74, 6) is 0.706. The molecule has 0 fully saturated rings. The van der Waals surface area contributed by atoms with Crippen LogP contribution in [0.4, 0.5) is 0 Å². The number of aliphatic hydroxyl groups is 1. The average molecular weight is 265 g/mol. The Bertz CT molecular complexity index is 418. The maximum absolute atomic E-state index is 11.7. The van der Waals surface area contributed by atoms with Gasteiger partial charge in [0.2, 0.25) is 5.91 Å². The lowest BCUT2D eigenvalue weighted by atomic mass is 10.1. The third-order valence-electron chi connectivity index (χ3n) is 2.99. The Balaban J connectivity index is 2.48. The largest absolute Gasteiger partial charge is 0.496 e. The fourth-order valence-corrected chi connectivity index (χ4v) is 1.89. The second kappa shape index (κ2) is 7.79. The minimum Gasteiger partial charge on any atom is -0.496 e. The molecule has 4 heteroatoms. The molecule has 1 amide bonds. The molecule has 1 aromatic carbocycles. The predicted octanol–water partition coefficient (Wildman–Crippen LogP) is 1.82. The number of methoxy groups -OCH3 is 1. The Morgan fingerprint density at radius 2 is 2.21 bits per heavy atom. The van der Waals surface area contributed by atoms with Gasteiger partial charge in [0, 0.05) is 6.54 Å². The quantitative estimate of drug-likeness (QED) is 0.790. The molecule has 0 aromatic heterocycles. The summed E-state index contributed by atoms with van der Waals surface area (Å²) in [6, 6.07) is 5.73. The molecule has 1 rings (SSSR count). The van der Waals surface area contributed by atoms with Crippen LogP contribution in [0.1, 0.15) is 30.9 Å². The van der Waals surface area contributed by atoms with Gasteiger partial charge in [-0.2, -0.15) is 0 Å². The van der Waals surface area contributed by atoms with Crippen molar-refractivity contribution in [2.75, 3.05) is 13.7 Å². The smallest absolute Gasteiger partial charge is 0.224 e. The van der Waals surface area contributed by atoms with Gasteiger partial charge in [-0.15, -0.1) is 0 Å². The average Bonchev–Trinajstić information content (AvgIpc) is 2.39. The van der Waals surface area contributed by atoms with E-state index in [1.807, 2.05) is 32.0 Å². The van der Waals surface area contributed by atoms with Crippen LogP contribution in [0.2, 0.25) is 0 Å². The Hall–Kier alpha value is -1.55. The van der Waals surface area contributed by atoms with Gasteiger partial charge in [0.05, 0.1) is 19.6 Å². The number of rotatable bonds is 7. The van der Waals surface area contributed by atoms with Crippen LogP contribution >= 0.6 is 0 Å². The molecule has 1 aromatic rings. The fourth-order valence-electron chi connectivity index (χ4n) is 1.89. The Kier molecular flexibility index (Phi) is 6.36. The zero-order valence-electron chi connectivity index (χ0n) is 11.9. The van der Waals surface area contributed by atoms with Crippen molar-refractivity contribution in [3.8, 4) is 5.75 Å². The summed E-state index contributed by atoms with van der Waals surface area (Å²) in [5.41, 5.74) is 1.95. The Labute approximate surface area is 114 Å². The van der Waals surface area contributed by atoms with Crippen molar-refractivity contribution in [3.63, 3.8) is 0 Å². The third-order valence-corrected chi connectivity index (χ3v) is 2.99. The molecule has 0 spiro atoms. The lowest BCUT2D eigenvalue weighted by molar-refractivity contribution is -0.120. The number of carbonyl (C=O) groups excluding carboxylic acids is 1. The highest BCUT2D eigenvalue weighted by atomic mass is 16.5. The van der Waals surface area contributed by atoms with Crippen LogP contribution in [0.5, 0.6) is 5.75 Å². The predicted molar refractivity (Wildman–Crippen MR) is 75.4 cm³/mol. The lowest BCUT2D eigenvalue weighted by Crippen LogP contribution is -2.33. The second-order valence-electron chi connectivity index (χ2n) is 4.73. The van der Waals surface area contributed by atoms with E-state index in [1.165, 1.54) is 0 Å². The zero-order chi connectivity index (χ0) is 14.3. The molecule has 4 nitrogen and oxygen atoms in total. The van der Waals surface area contributed by atoms with Crippen molar-refractivity contribution in [3.05, 3.63) is 29.3 Å². The zero-order valence-corrected chi connectivity index (χ0v) is 11.9. The van der Waals surface area contributed by atoms with E-state index >= 15 is 0 Å². The fraction of sp³-hybridized carbons (Fsp3) is 0.533. The summed E-state index contributed by atoms with van der Waals surface area (Å²) in [6.45, 7) is 4.28. The molecule has 0 heterocycles. The van der Waals surface area contributed by atoms with E-state index in [1.54, 1.807) is 7.11 Å². The van der Waals surface area contributed by atoms with E-state index < -0.39 is 6.10 Å². The molecule has 0 aliphatic carbocycles. The van der Waals surface area contributed by atoms with Crippen molar-refractivity contribution in [2.24, 2.45) is 0 Å². The molecule has 1 unspecified atom stereocenters. The molecule has 0 aliphatic heterocycles. The van der Waals surface area contributed by atoms with E-state index in [-0.39, 0.29) is 5.91 Å². The summed E-state index contributed by atoms with van der Waals surface area (Å²) in [5, 5.41) is 12.3. The monoisotopic (exact) mass is 265 g/mol. The number of benzene rings is 1. The Morgan fingerprint density at radius 1 is 1.47 bits per heavy atom. The molecule has 0 radical (unpaired) electrons. The number of carbonyl (C=O) groups is 1. The van der Waals surface area contributed by atoms with Crippen LogP contribution < -0.4 is 10.1 Å². The summed E-state index contributed by atoms with van der Waals surface area (Å²) in [7, 11) is 1.62. The number of hydrogen-bond donors (Lipinski definition) is 2. The first-order chi connectivity index (χ1) is 9.06. The summed E-state index contributed by atoms with van der Waals surface area (Å²) in [4.78, 5) is 11.7. The maximum atomic E-state index is 11.7. The molecular weight excluding hydrogens is 242 g/mol. The Morgan fingerprint density at radius 3 is 2.84 bits per heavy atom. The first kappa shape index (κ1) is 15.5. The molecule has 0 saturated carbocycles. The van der Waals surface area contributed by atoms with Crippen LogP contribution in [-0.2, 0) is 11.2 Å².